The highest BCUT2D eigenvalue weighted by Crippen LogP contribution is 2.70. The zero-order chi connectivity index (χ0) is 43.9. The van der Waals surface area contributed by atoms with Gasteiger partial charge in [0.2, 0.25) is 22.8 Å². The molecule has 11 atom stereocenters. The van der Waals surface area contributed by atoms with Crippen molar-refractivity contribution in [2.24, 2.45) is 40.4 Å². The first-order chi connectivity index (χ1) is 29.0. The Bertz CT molecular complexity index is 1870. The van der Waals surface area contributed by atoms with E-state index in [0.717, 1.165) is 31.3 Å². The topological polar surface area (TPSA) is 201 Å². The Morgan fingerprint density at radius 2 is 1.82 bits per heavy atom. The van der Waals surface area contributed by atoms with Crippen molar-refractivity contribution < 1.29 is 57.5 Å². The maximum Gasteiger partial charge on any atom is 0.242 e. The zero-order valence-electron chi connectivity index (χ0n) is 34.6. The highest BCUT2D eigenvalue weighted by molar-refractivity contribution is 9.09. The molecule has 0 spiro atoms. The molecule has 7 rings (SSSR count). The van der Waals surface area contributed by atoms with Crippen LogP contribution in [0.5, 0.6) is 0 Å². The van der Waals surface area contributed by atoms with Crippen molar-refractivity contribution in [3.05, 3.63) is 47.4 Å². The molecule has 0 aromatic heterocycles. The van der Waals surface area contributed by atoms with Gasteiger partial charge in [-0.15, -0.1) is 0 Å². The molecule has 6 N–H and O–H groups in total. The van der Waals surface area contributed by atoms with Gasteiger partial charge < -0.3 is 40.7 Å². The molecule has 0 aromatic carbocycles. The first-order valence-corrected chi connectivity index (χ1v) is 23.7. The van der Waals surface area contributed by atoms with E-state index in [2.05, 4.69) is 38.8 Å². The van der Waals surface area contributed by atoms with Crippen LogP contribution >= 0.6 is 27.7 Å². The van der Waals surface area contributed by atoms with E-state index in [1.54, 1.807) is 18.2 Å². The summed E-state index contributed by atoms with van der Waals surface area (Å²) in [5.41, 5.74) is -1.80. The lowest BCUT2D eigenvalue weighted by atomic mass is 9.46. The molecule has 7 aliphatic rings. The Morgan fingerprint density at radius 1 is 1.07 bits per heavy atom. The van der Waals surface area contributed by atoms with Crippen LogP contribution in [0.3, 0.4) is 0 Å². The van der Waals surface area contributed by atoms with Gasteiger partial charge in [-0.1, -0.05) is 65.3 Å². The summed E-state index contributed by atoms with van der Waals surface area (Å²) >= 11 is 3.53. The molecule has 61 heavy (non-hydrogen) atoms. The van der Waals surface area contributed by atoms with E-state index in [-0.39, 0.29) is 84.5 Å². The third kappa shape index (κ3) is 8.99. The molecule has 0 aromatic rings. The Balaban J connectivity index is 0.957. The van der Waals surface area contributed by atoms with Crippen LogP contribution in [0.2, 0.25) is 0 Å². The number of hydrogen-bond donors (Lipinski definition) is 6. The molecule has 6 aliphatic carbocycles. The molecule has 0 radical (unpaired) electrons. The van der Waals surface area contributed by atoms with E-state index in [1.807, 2.05) is 19.1 Å². The molecular formula is C44H58BrF2N3O10S. The van der Waals surface area contributed by atoms with Gasteiger partial charge in [-0.25, -0.2) is 8.78 Å². The summed E-state index contributed by atoms with van der Waals surface area (Å²) in [5.74, 6) is -2.00. The normalized spacial score (nSPS) is 38.2. The highest BCUT2D eigenvalue weighted by atomic mass is 79.9. The van der Waals surface area contributed by atoms with Gasteiger partial charge in [-0.05, 0) is 100 Å². The molecule has 1 heterocycles. The van der Waals surface area contributed by atoms with Crippen molar-refractivity contribution >= 4 is 56.3 Å². The lowest BCUT2D eigenvalue weighted by Crippen LogP contribution is -2.62. The Labute approximate surface area is 367 Å². The van der Waals surface area contributed by atoms with Crippen LogP contribution in [-0.2, 0) is 33.4 Å². The Morgan fingerprint density at radius 3 is 2.51 bits per heavy atom. The average Bonchev–Trinajstić information content (AvgIpc) is 3.72. The standard InChI is InChI=1S/C44H58BrF2N3O10S/c1-42-14-13-27(51)17-25(42)6-10-28-30-18-34-44(41(58)61-22-46,43(30,2)19-33(52)38(28)42)60-40(59-34)29-9-5-24(16-31(29)47)15-23-3-7-26(8-4-23)49-39(57)32(11-12-37(55)56)50-36(54)21-48-35(53)20-45/h5,9,13-14,17,23-24,26,28,30,32-34,37-38,40,52,55-56H,3-4,6-8,10-12,15-16,18-22H2,1-2H3,(H,48,53)(H,49,57)(H,50,54)/t23?,24?,26?,28-,30?,32-,33-,34+,38?,40+,42-,43-,44-/m0/s1. The number of hydrogen-bond acceptors (Lipinski definition) is 11. The third-order valence-electron chi connectivity index (χ3n) is 15.0. The minimum absolute atomic E-state index is 0.00949. The van der Waals surface area contributed by atoms with Crippen molar-refractivity contribution in [1.29, 1.82) is 0 Å². The van der Waals surface area contributed by atoms with E-state index < -0.39 is 81.9 Å². The number of halogens is 3. The first-order valence-electron chi connectivity index (χ1n) is 21.6. The van der Waals surface area contributed by atoms with E-state index in [0.29, 0.717) is 37.4 Å². The average molecular weight is 939 g/mol. The minimum Gasteiger partial charge on any atom is -0.393 e. The number of alkyl halides is 2. The Kier molecular flexibility index (Phi) is 14.2. The Hall–Kier alpha value is -2.80. The minimum atomic E-state index is -1.65. The van der Waals surface area contributed by atoms with E-state index >= 15 is 4.39 Å². The molecule has 1 saturated heterocycles. The van der Waals surface area contributed by atoms with Gasteiger partial charge in [0, 0.05) is 41.2 Å². The van der Waals surface area contributed by atoms with Crippen LogP contribution in [0, 0.1) is 40.4 Å². The lowest BCUT2D eigenvalue weighted by Gasteiger charge is -2.59. The molecule has 1 aliphatic heterocycles. The smallest absolute Gasteiger partial charge is 0.242 e. The van der Waals surface area contributed by atoms with E-state index in [1.165, 1.54) is 0 Å². The summed E-state index contributed by atoms with van der Waals surface area (Å²) < 4.78 is 43.3. The number of ether oxygens (including phenoxy) is 2. The summed E-state index contributed by atoms with van der Waals surface area (Å²) in [6.07, 6.45) is 10.1. The maximum atomic E-state index is 16.2. The molecule has 3 amide bonds. The van der Waals surface area contributed by atoms with Gasteiger partial charge in [-0.3, -0.25) is 24.0 Å². The summed E-state index contributed by atoms with van der Waals surface area (Å²) in [5, 5.41) is 38.2. The monoisotopic (exact) mass is 937 g/mol. The fourth-order valence-electron chi connectivity index (χ4n) is 12.2. The van der Waals surface area contributed by atoms with E-state index in [4.69, 9.17) is 9.47 Å². The number of ketones is 1. The van der Waals surface area contributed by atoms with Crippen LogP contribution in [0.4, 0.5) is 8.78 Å². The van der Waals surface area contributed by atoms with Crippen LogP contribution < -0.4 is 16.0 Å². The summed E-state index contributed by atoms with van der Waals surface area (Å²) in [7, 11) is 0. The quantitative estimate of drug-likeness (QED) is 0.106. The number of amides is 3. The predicted molar refractivity (Wildman–Crippen MR) is 225 cm³/mol. The molecule has 5 fully saturated rings. The van der Waals surface area contributed by atoms with Gasteiger partial charge in [0.25, 0.3) is 0 Å². The fourth-order valence-corrected chi connectivity index (χ4v) is 13.1. The van der Waals surface area contributed by atoms with Crippen LogP contribution in [0.25, 0.3) is 0 Å². The van der Waals surface area contributed by atoms with Crippen molar-refractivity contribution in [2.75, 3.05) is 17.9 Å². The number of carbonyl (C=O) groups is 5. The second-order valence-corrected chi connectivity index (χ2v) is 20.0. The number of aliphatic hydroxyl groups excluding tert-OH is 2. The molecule has 13 nitrogen and oxygen atoms in total. The van der Waals surface area contributed by atoms with E-state index in [9.17, 15) is 43.7 Å². The van der Waals surface area contributed by atoms with Crippen LogP contribution in [0.1, 0.15) is 90.9 Å². The van der Waals surface area contributed by atoms with Gasteiger partial charge in [0.15, 0.2) is 24.0 Å². The second-order valence-electron chi connectivity index (χ2n) is 18.5. The third-order valence-corrected chi connectivity index (χ3v) is 16.2. The highest BCUT2D eigenvalue weighted by Gasteiger charge is 2.76. The van der Waals surface area contributed by atoms with Crippen molar-refractivity contribution in [2.45, 2.75) is 133 Å². The van der Waals surface area contributed by atoms with Crippen molar-refractivity contribution in [3.63, 3.8) is 0 Å². The van der Waals surface area contributed by atoms with Crippen molar-refractivity contribution in [1.82, 2.24) is 16.0 Å². The number of nitrogens with one attached hydrogen (secondary N) is 3. The molecule has 17 heteroatoms. The molecule has 4 saturated carbocycles. The van der Waals surface area contributed by atoms with Crippen LogP contribution in [-0.4, -0.2) is 104 Å². The largest absolute Gasteiger partial charge is 0.393 e. The number of rotatable bonds is 14. The SMILES string of the molecule is C[C@]12C=CC(=O)C=C1CC[C@@H]1C2[C@@H](O)C[C@@]2(C)C1C[C@H]1O[C@@H](C3=C(F)CC(CC4CCC(NC(=O)[C@H](CCC(O)O)NC(=O)CNC(=O)CBr)CC4)C=C3)O[C@]12C(=O)SCF. The second kappa shape index (κ2) is 18.7. The number of fused-ring (bicyclic) bond motifs is 7. The van der Waals surface area contributed by atoms with Gasteiger partial charge in [0.05, 0.1) is 24.1 Å². The van der Waals surface area contributed by atoms with Gasteiger partial charge in [0.1, 0.15) is 17.9 Å². The number of aliphatic hydroxyl groups is 3. The number of carbonyl (C=O) groups excluding carboxylic acids is 5. The van der Waals surface area contributed by atoms with Gasteiger partial charge >= 0.3 is 0 Å². The zero-order valence-corrected chi connectivity index (χ0v) is 37.0. The number of thioether (sulfide) groups is 1. The maximum absolute atomic E-state index is 16.2. The van der Waals surface area contributed by atoms with Gasteiger partial charge in [-0.2, -0.15) is 0 Å². The lowest BCUT2D eigenvalue weighted by molar-refractivity contribution is -0.187. The summed E-state index contributed by atoms with van der Waals surface area (Å²) in [4.78, 5) is 63.5. The van der Waals surface area contributed by atoms with Crippen LogP contribution in [0.15, 0.2) is 47.4 Å². The first kappa shape index (κ1) is 46.2. The molecule has 0 bridgehead atoms. The number of allylic oxidation sites excluding steroid dienone is 6. The molecule has 336 valence electrons. The predicted octanol–water partition coefficient (Wildman–Crippen LogP) is 4.49. The van der Waals surface area contributed by atoms with Crippen molar-refractivity contribution in [3.8, 4) is 0 Å². The molecular weight excluding hydrogens is 880 g/mol. The summed E-state index contributed by atoms with van der Waals surface area (Å²) in [6.45, 7) is 3.69. The molecule has 3 unspecified atom stereocenters. The fraction of sp³-hybridized carbons (Fsp3) is 0.705. The summed E-state index contributed by atoms with van der Waals surface area (Å²) in [6, 6.07) is -2.14.